The maximum Gasteiger partial charge on any atom is 0.0296 e. The zero-order valence-corrected chi connectivity index (χ0v) is 10.7. The van der Waals surface area contributed by atoms with Gasteiger partial charge in [0.05, 0.1) is 0 Å². The number of rotatable bonds is 3. The molecule has 0 aromatic rings. The Kier molecular flexibility index (Phi) is 4.31. The zero-order chi connectivity index (χ0) is 10.6. The van der Waals surface area contributed by atoms with E-state index in [1.165, 1.54) is 19.3 Å². The third kappa shape index (κ3) is 3.91. The first-order valence-corrected chi connectivity index (χ1v) is 6.71. The van der Waals surface area contributed by atoms with Gasteiger partial charge in [-0.15, -0.1) is 0 Å². The molecule has 0 heterocycles. The van der Waals surface area contributed by atoms with Crippen LogP contribution >= 0.6 is 11.8 Å². The molecule has 1 rings (SSSR count). The lowest BCUT2D eigenvalue weighted by atomic mass is 9.87. The molecule has 1 aliphatic rings. The first-order chi connectivity index (χ1) is 6.53. The van der Waals surface area contributed by atoms with Crippen LogP contribution in [-0.2, 0) is 0 Å². The predicted octanol–water partition coefficient (Wildman–Crippen LogP) is 4.43. The summed E-state index contributed by atoms with van der Waals surface area (Å²) in [6.45, 7) is 6.97. The molecular formula is C13H22S. The Labute approximate surface area is 92.9 Å². The van der Waals surface area contributed by atoms with Crippen LogP contribution in [0.4, 0.5) is 0 Å². The maximum absolute atomic E-state index is 2.41. The van der Waals surface area contributed by atoms with E-state index < -0.39 is 0 Å². The lowest BCUT2D eigenvalue weighted by Crippen LogP contribution is -2.16. The molecule has 1 atom stereocenters. The summed E-state index contributed by atoms with van der Waals surface area (Å²) in [6, 6.07) is 0. The number of hydrogen-bond donors (Lipinski definition) is 0. The van der Waals surface area contributed by atoms with Gasteiger partial charge < -0.3 is 0 Å². The van der Waals surface area contributed by atoms with Crippen molar-refractivity contribution >= 4 is 11.8 Å². The maximum atomic E-state index is 2.41. The second-order valence-electron chi connectivity index (χ2n) is 5.17. The molecule has 0 saturated carbocycles. The second kappa shape index (κ2) is 5.06. The van der Waals surface area contributed by atoms with E-state index in [-0.39, 0.29) is 0 Å². The van der Waals surface area contributed by atoms with Gasteiger partial charge in [-0.2, -0.15) is 11.8 Å². The number of allylic oxidation sites excluding steroid dienone is 3. The molecule has 1 aliphatic carbocycles. The zero-order valence-electron chi connectivity index (χ0n) is 9.84. The van der Waals surface area contributed by atoms with Crippen molar-refractivity contribution in [2.75, 3.05) is 6.26 Å². The van der Waals surface area contributed by atoms with Crippen LogP contribution in [0.3, 0.4) is 0 Å². The van der Waals surface area contributed by atoms with Crippen molar-refractivity contribution in [3.63, 3.8) is 0 Å². The third-order valence-electron chi connectivity index (χ3n) is 2.48. The molecule has 0 spiro atoms. The predicted molar refractivity (Wildman–Crippen MR) is 67.8 cm³/mol. The van der Waals surface area contributed by atoms with Crippen LogP contribution in [0.25, 0.3) is 0 Å². The summed E-state index contributed by atoms with van der Waals surface area (Å²) in [5, 5.41) is 0.687. The third-order valence-corrected chi connectivity index (χ3v) is 3.49. The average molecular weight is 210 g/mol. The highest BCUT2D eigenvalue weighted by Crippen LogP contribution is 2.32. The summed E-state index contributed by atoms with van der Waals surface area (Å²) in [5.41, 5.74) is 1.97. The number of hydrogen-bond acceptors (Lipinski definition) is 1. The van der Waals surface area contributed by atoms with E-state index in [1.807, 2.05) is 11.8 Å². The van der Waals surface area contributed by atoms with Gasteiger partial charge >= 0.3 is 0 Å². The molecule has 0 saturated heterocycles. The smallest absolute Gasteiger partial charge is 0.0296 e. The van der Waals surface area contributed by atoms with E-state index >= 15 is 0 Å². The topological polar surface area (TPSA) is 0 Å². The van der Waals surface area contributed by atoms with Crippen molar-refractivity contribution in [1.29, 1.82) is 0 Å². The fraction of sp³-hybridized carbons (Fsp3) is 0.692. The standard InChI is InChI=1S/C13H22S/c1-13(2,3)10-12(14-4)11-8-6-5-7-9-11/h6,8-9,12H,5,7,10H2,1-4H3. The van der Waals surface area contributed by atoms with E-state index in [9.17, 15) is 0 Å². The second-order valence-corrected chi connectivity index (χ2v) is 6.21. The van der Waals surface area contributed by atoms with Gasteiger partial charge in [-0.3, -0.25) is 0 Å². The summed E-state index contributed by atoms with van der Waals surface area (Å²) in [4.78, 5) is 0. The van der Waals surface area contributed by atoms with Crippen LogP contribution in [0.2, 0.25) is 0 Å². The highest BCUT2D eigenvalue weighted by atomic mass is 32.2. The van der Waals surface area contributed by atoms with E-state index in [4.69, 9.17) is 0 Å². The molecule has 0 radical (unpaired) electrons. The van der Waals surface area contributed by atoms with Crippen LogP contribution in [-0.4, -0.2) is 11.5 Å². The quantitative estimate of drug-likeness (QED) is 0.664. The van der Waals surface area contributed by atoms with E-state index in [0.29, 0.717) is 10.7 Å². The molecule has 1 heteroatoms. The first-order valence-electron chi connectivity index (χ1n) is 5.42. The molecule has 0 amide bonds. The fourth-order valence-electron chi connectivity index (χ4n) is 1.77. The molecule has 1 unspecified atom stereocenters. The van der Waals surface area contributed by atoms with Crippen molar-refractivity contribution in [1.82, 2.24) is 0 Å². The SMILES string of the molecule is CSC(CC(C)(C)C)C1=CCCC=C1. The van der Waals surface area contributed by atoms with E-state index in [1.54, 1.807) is 5.57 Å². The van der Waals surface area contributed by atoms with Crippen molar-refractivity contribution in [2.45, 2.75) is 45.3 Å². The molecule has 0 aliphatic heterocycles. The van der Waals surface area contributed by atoms with Crippen molar-refractivity contribution in [3.8, 4) is 0 Å². The Morgan fingerprint density at radius 2 is 2.07 bits per heavy atom. The Balaban J connectivity index is 2.62. The Morgan fingerprint density at radius 3 is 2.50 bits per heavy atom. The van der Waals surface area contributed by atoms with Gasteiger partial charge in [0.2, 0.25) is 0 Å². The minimum Gasteiger partial charge on any atom is -0.157 e. The van der Waals surface area contributed by atoms with E-state index in [2.05, 4.69) is 45.3 Å². The molecule has 14 heavy (non-hydrogen) atoms. The highest BCUT2D eigenvalue weighted by molar-refractivity contribution is 7.99. The summed E-state index contributed by atoms with van der Waals surface area (Å²) in [7, 11) is 0. The highest BCUT2D eigenvalue weighted by Gasteiger charge is 2.20. The summed E-state index contributed by atoms with van der Waals surface area (Å²) < 4.78 is 0. The lowest BCUT2D eigenvalue weighted by Gasteiger charge is -2.26. The summed E-state index contributed by atoms with van der Waals surface area (Å²) in [5.74, 6) is 0. The Hall–Kier alpha value is -0.170. The van der Waals surface area contributed by atoms with Crippen LogP contribution in [0.15, 0.2) is 23.8 Å². The van der Waals surface area contributed by atoms with Gasteiger partial charge in [0.1, 0.15) is 0 Å². The normalized spacial score (nSPS) is 19.3. The van der Waals surface area contributed by atoms with Gasteiger partial charge in [-0.05, 0) is 36.5 Å². The van der Waals surface area contributed by atoms with Crippen molar-refractivity contribution < 1.29 is 0 Å². The molecule has 0 fully saturated rings. The molecular weight excluding hydrogens is 188 g/mol. The van der Waals surface area contributed by atoms with Gasteiger partial charge in [-0.25, -0.2) is 0 Å². The molecule has 0 N–H and O–H groups in total. The van der Waals surface area contributed by atoms with Gasteiger partial charge in [0, 0.05) is 5.25 Å². The van der Waals surface area contributed by atoms with Gasteiger partial charge in [-0.1, -0.05) is 39.0 Å². The molecule has 80 valence electrons. The number of thioether (sulfide) groups is 1. The van der Waals surface area contributed by atoms with E-state index in [0.717, 1.165) is 0 Å². The van der Waals surface area contributed by atoms with Gasteiger partial charge in [0.15, 0.2) is 0 Å². The van der Waals surface area contributed by atoms with Crippen molar-refractivity contribution in [2.24, 2.45) is 5.41 Å². The van der Waals surface area contributed by atoms with Crippen LogP contribution < -0.4 is 0 Å². The molecule has 0 aromatic carbocycles. The molecule has 0 bridgehead atoms. The van der Waals surface area contributed by atoms with Crippen molar-refractivity contribution in [3.05, 3.63) is 23.8 Å². The lowest BCUT2D eigenvalue weighted by molar-refractivity contribution is 0.383. The monoisotopic (exact) mass is 210 g/mol. The molecule has 0 aromatic heterocycles. The average Bonchev–Trinajstić information content (AvgIpc) is 2.14. The van der Waals surface area contributed by atoms with Crippen LogP contribution in [0.5, 0.6) is 0 Å². The first kappa shape index (κ1) is 11.9. The van der Waals surface area contributed by atoms with Gasteiger partial charge in [0.25, 0.3) is 0 Å². The minimum absolute atomic E-state index is 0.430. The summed E-state index contributed by atoms with van der Waals surface area (Å²) in [6.07, 6.45) is 13.0. The molecule has 0 nitrogen and oxygen atoms in total. The Morgan fingerprint density at radius 1 is 1.36 bits per heavy atom. The van der Waals surface area contributed by atoms with Crippen LogP contribution in [0.1, 0.15) is 40.0 Å². The fourth-order valence-corrected chi connectivity index (χ4v) is 2.88. The summed E-state index contributed by atoms with van der Waals surface area (Å²) >= 11 is 1.98. The largest absolute Gasteiger partial charge is 0.157 e. The Bertz CT molecular complexity index is 230. The minimum atomic E-state index is 0.430. The van der Waals surface area contributed by atoms with Crippen LogP contribution in [0, 0.1) is 5.41 Å².